The molecule has 1 saturated heterocycles. The number of allylic oxidation sites excluding steroid dienone is 4. The third-order valence-electron chi connectivity index (χ3n) is 2.74. The first kappa shape index (κ1) is 10.3. The van der Waals surface area contributed by atoms with Gasteiger partial charge in [-0.1, -0.05) is 18.2 Å². The largest absolute Gasteiger partial charge is 0.481 e. The monoisotopic (exact) mass is 225 g/mol. The highest BCUT2D eigenvalue weighted by molar-refractivity contribution is 8.04. The zero-order valence-electron chi connectivity index (χ0n) is 7.92. The fourth-order valence-electron chi connectivity index (χ4n) is 2.05. The first-order valence-corrected chi connectivity index (χ1v) is 5.54. The fraction of sp³-hybridized carbons (Fsp3) is 0.400. The molecule has 5 heteroatoms. The average Bonchev–Trinajstić information content (AvgIpc) is 2.56. The molecule has 3 unspecified atom stereocenters. The number of carbonyl (C=O) groups is 2. The minimum atomic E-state index is -0.935. The van der Waals surface area contributed by atoms with E-state index in [-0.39, 0.29) is 5.92 Å². The molecule has 1 fully saturated rings. The number of carboxylic acid groups (broad SMARTS) is 1. The van der Waals surface area contributed by atoms with Crippen LogP contribution in [0.15, 0.2) is 23.1 Å². The molecule has 2 aliphatic rings. The number of amides is 1. The van der Waals surface area contributed by atoms with E-state index in [9.17, 15) is 9.59 Å². The van der Waals surface area contributed by atoms with Gasteiger partial charge < -0.3 is 10.8 Å². The minimum absolute atomic E-state index is 0.0741. The molecule has 1 amide bonds. The van der Waals surface area contributed by atoms with Gasteiger partial charge in [0.15, 0.2) is 0 Å². The summed E-state index contributed by atoms with van der Waals surface area (Å²) < 4.78 is 0. The number of thioether (sulfide) groups is 1. The number of nitrogens with two attached hydrogens (primary N) is 1. The first-order valence-electron chi connectivity index (χ1n) is 4.66. The van der Waals surface area contributed by atoms with Crippen molar-refractivity contribution in [3.05, 3.63) is 23.1 Å². The summed E-state index contributed by atoms with van der Waals surface area (Å²) in [6.07, 6.45) is 6.37. The predicted octanol–water partition coefficient (Wildman–Crippen LogP) is 0.748. The fourth-order valence-corrected chi connectivity index (χ4v) is 3.48. The van der Waals surface area contributed by atoms with Crippen molar-refractivity contribution in [2.24, 2.45) is 17.6 Å². The molecule has 3 N–H and O–H groups in total. The molecule has 0 aromatic carbocycles. The van der Waals surface area contributed by atoms with E-state index in [2.05, 4.69) is 0 Å². The van der Waals surface area contributed by atoms with Crippen molar-refractivity contribution < 1.29 is 14.7 Å². The van der Waals surface area contributed by atoms with Crippen molar-refractivity contribution in [3.63, 3.8) is 0 Å². The number of primary amides is 1. The normalized spacial score (nSPS) is 33.3. The molecule has 15 heavy (non-hydrogen) atoms. The molecule has 1 heterocycles. The van der Waals surface area contributed by atoms with Crippen molar-refractivity contribution in [3.8, 4) is 0 Å². The number of carboxylic acids is 1. The summed E-state index contributed by atoms with van der Waals surface area (Å²) in [7, 11) is 0. The van der Waals surface area contributed by atoms with Crippen LogP contribution in [0.2, 0.25) is 0 Å². The summed E-state index contributed by atoms with van der Waals surface area (Å²) in [6, 6.07) is 0. The van der Waals surface area contributed by atoms with E-state index in [0.717, 1.165) is 4.91 Å². The lowest BCUT2D eigenvalue weighted by atomic mass is 9.85. The van der Waals surface area contributed by atoms with E-state index >= 15 is 0 Å². The summed E-state index contributed by atoms with van der Waals surface area (Å²) in [5, 5.41) is 8.47. The van der Waals surface area contributed by atoms with Crippen LogP contribution < -0.4 is 5.73 Å². The van der Waals surface area contributed by atoms with Gasteiger partial charge in [0, 0.05) is 5.92 Å². The van der Waals surface area contributed by atoms with Crippen molar-refractivity contribution >= 4 is 23.6 Å². The number of fused-ring (bicyclic) bond motifs is 1. The molecular formula is C10H11NO3S. The lowest BCUT2D eigenvalue weighted by molar-refractivity contribution is -0.144. The smallest absolute Gasteiger partial charge is 0.308 e. The maximum atomic E-state index is 11.2. The molecule has 0 spiro atoms. The zero-order valence-corrected chi connectivity index (χ0v) is 8.74. The molecule has 0 aromatic heterocycles. The molecule has 0 aromatic rings. The third-order valence-corrected chi connectivity index (χ3v) is 4.23. The van der Waals surface area contributed by atoms with Gasteiger partial charge in [0.2, 0.25) is 5.91 Å². The number of hydrogen-bond acceptors (Lipinski definition) is 3. The van der Waals surface area contributed by atoms with Crippen LogP contribution in [0.1, 0.15) is 6.42 Å². The van der Waals surface area contributed by atoms with Crippen LogP contribution >= 0.6 is 11.8 Å². The van der Waals surface area contributed by atoms with Gasteiger partial charge in [-0.05, 0) is 11.3 Å². The molecule has 3 atom stereocenters. The molecule has 0 bridgehead atoms. The van der Waals surface area contributed by atoms with Crippen LogP contribution in [0.4, 0.5) is 0 Å². The Balaban J connectivity index is 2.32. The number of aliphatic carboxylic acids is 1. The molecule has 4 nitrogen and oxygen atoms in total. The van der Waals surface area contributed by atoms with Crippen molar-refractivity contribution in [2.75, 3.05) is 0 Å². The van der Waals surface area contributed by atoms with E-state index in [0.29, 0.717) is 6.42 Å². The van der Waals surface area contributed by atoms with Crippen LogP contribution in [-0.2, 0) is 9.59 Å². The highest BCUT2D eigenvalue weighted by Crippen LogP contribution is 2.49. The molecule has 0 radical (unpaired) electrons. The zero-order chi connectivity index (χ0) is 11.0. The maximum absolute atomic E-state index is 11.2. The summed E-state index contributed by atoms with van der Waals surface area (Å²) >= 11 is 1.29. The Morgan fingerprint density at radius 2 is 2.27 bits per heavy atom. The predicted molar refractivity (Wildman–Crippen MR) is 57.0 cm³/mol. The van der Waals surface area contributed by atoms with E-state index in [4.69, 9.17) is 10.8 Å². The molecule has 0 saturated carbocycles. The molecule has 2 rings (SSSR count). The summed E-state index contributed by atoms with van der Waals surface area (Å²) in [6.45, 7) is 0. The highest BCUT2D eigenvalue weighted by atomic mass is 32.2. The Hall–Kier alpha value is -1.23. The van der Waals surface area contributed by atoms with Gasteiger partial charge in [0.25, 0.3) is 0 Å². The van der Waals surface area contributed by atoms with Gasteiger partial charge in [0.1, 0.15) is 5.25 Å². The van der Waals surface area contributed by atoms with Crippen LogP contribution in [0.5, 0.6) is 0 Å². The highest BCUT2D eigenvalue weighted by Gasteiger charge is 2.47. The summed E-state index contributed by atoms with van der Waals surface area (Å²) in [5.41, 5.74) is 5.21. The van der Waals surface area contributed by atoms with Gasteiger partial charge in [0.05, 0.1) is 5.92 Å². The Bertz CT molecular complexity index is 373. The van der Waals surface area contributed by atoms with Gasteiger partial charge in [-0.3, -0.25) is 9.59 Å². The van der Waals surface area contributed by atoms with Gasteiger partial charge in [-0.25, -0.2) is 0 Å². The first-order chi connectivity index (χ1) is 7.11. The van der Waals surface area contributed by atoms with Crippen LogP contribution in [-0.4, -0.2) is 22.2 Å². The lowest BCUT2D eigenvalue weighted by Gasteiger charge is -2.17. The lowest BCUT2D eigenvalue weighted by Crippen LogP contribution is -2.36. The second-order valence-electron chi connectivity index (χ2n) is 3.64. The average molecular weight is 225 g/mol. The van der Waals surface area contributed by atoms with Crippen LogP contribution in [0.3, 0.4) is 0 Å². The van der Waals surface area contributed by atoms with Crippen LogP contribution in [0.25, 0.3) is 0 Å². The standard InChI is InChI=1S/C10H11NO3S/c11-9(12)8-7(10(13)14)5-3-1-2-4-6(5)15-8/h1-2,4-5,7-8H,3H2,(H2,11,12)(H,13,14). The van der Waals surface area contributed by atoms with Gasteiger partial charge in [-0.2, -0.15) is 0 Å². The van der Waals surface area contributed by atoms with Gasteiger partial charge >= 0.3 is 5.97 Å². The Labute approximate surface area is 91.2 Å². The second-order valence-corrected chi connectivity index (χ2v) is 4.86. The second kappa shape index (κ2) is 3.73. The third kappa shape index (κ3) is 1.67. The van der Waals surface area contributed by atoms with E-state index in [1.165, 1.54) is 11.8 Å². The molecule has 80 valence electrons. The van der Waals surface area contributed by atoms with E-state index in [1.54, 1.807) is 0 Å². The SMILES string of the molecule is NC(=O)C1SC2=CC=CCC2C1C(=O)O. The Morgan fingerprint density at radius 1 is 1.53 bits per heavy atom. The number of rotatable bonds is 2. The van der Waals surface area contributed by atoms with Crippen molar-refractivity contribution in [2.45, 2.75) is 11.7 Å². The van der Waals surface area contributed by atoms with Gasteiger partial charge in [-0.15, -0.1) is 11.8 Å². The Kier molecular flexibility index (Phi) is 2.56. The van der Waals surface area contributed by atoms with Crippen LogP contribution in [0, 0.1) is 11.8 Å². The molecular weight excluding hydrogens is 214 g/mol. The summed E-state index contributed by atoms with van der Waals surface area (Å²) in [4.78, 5) is 23.2. The molecule has 1 aliphatic heterocycles. The van der Waals surface area contributed by atoms with E-state index < -0.39 is 23.0 Å². The topological polar surface area (TPSA) is 80.4 Å². The Morgan fingerprint density at radius 3 is 2.87 bits per heavy atom. The summed E-state index contributed by atoms with van der Waals surface area (Å²) in [5.74, 6) is -2.23. The maximum Gasteiger partial charge on any atom is 0.308 e. The van der Waals surface area contributed by atoms with Crippen molar-refractivity contribution in [1.29, 1.82) is 0 Å². The molecule has 1 aliphatic carbocycles. The number of carbonyl (C=O) groups excluding carboxylic acids is 1. The quantitative estimate of drug-likeness (QED) is 0.726. The van der Waals surface area contributed by atoms with Crippen molar-refractivity contribution in [1.82, 2.24) is 0 Å². The number of hydrogen-bond donors (Lipinski definition) is 2. The minimum Gasteiger partial charge on any atom is -0.481 e. The van der Waals surface area contributed by atoms with E-state index in [1.807, 2.05) is 18.2 Å².